The average molecular weight is 201 g/mol. The van der Waals surface area contributed by atoms with E-state index in [0.29, 0.717) is 0 Å². The van der Waals surface area contributed by atoms with Gasteiger partial charge in [0.1, 0.15) is 0 Å². The predicted octanol–water partition coefficient (Wildman–Crippen LogP) is -0.220. The maximum atomic E-state index is 0. The Balaban J connectivity index is 0. The molecule has 0 bridgehead atoms. The van der Waals surface area contributed by atoms with Crippen LogP contribution in [0, 0.1) is 0 Å². The average Bonchev–Trinajstić information content (AvgIpc) is 0. The molecule has 0 aromatic carbocycles. The SMILES string of the molecule is F.F.F.F.F.F.N.[KH].[NaH]. The molecule has 0 amide bonds. The molecule has 0 aliphatic rings. The Kier molecular flexibility index (Phi) is 4910. The predicted molar refractivity (Wildman–Crippen MR) is 34.3 cm³/mol. The molecule has 1 nitrogen and oxygen atoms in total. The van der Waals surface area contributed by atoms with Crippen LogP contribution in [0.1, 0.15) is 0 Å². The van der Waals surface area contributed by atoms with E-state index in [4.69, 9.17) is 0 Å². The molecule has 0 unspecified atom stereocenters. The quantitative estimate of drug-likeness (QED) is 0.427. The molecule has 9 heavy (non-hydrogen) atoms. The van der Waals surface area contributed by atoms with E-state index in [-0.39, 0.29) is 115 Å². The second-order valence-corrected chi connectivity index (χ2v) is 0. The standard InChI is InChI=1S/6FH.K.H3N.Na.2H/h6*1H;;1H3;;;. The number of halogens is 6. The Hall–Kier alpha value is 2.18. The van der Waals surface area contributed by atoms with E-state index in [2.05, 4.69) is 0 Å². The Labute approximate surface area is 113 Å². The van der Waals surface area contributed by atoms with Crippen molar-refractivity contribution in [2.24, 2.45) is 0 Å². The molecule has 0 atom stereocenters. The molecule has 60 valence electrons. The van der Waals surface area contributed by atoms with Gasteiger partial charge in [-0.15, -0.1) is 0 Å². The summed E-state index contributed by atoms with van der Waals surface area (Å²) in [5, 5.41) is 0. The van der Waals surface area contributed by atoms with Gasteiger partial charge in [-0.1, -0.05) is 0 Å². The Morgan fingerprint density at radius 3 is 0.444 bits per heavy atom. The van der Waals surface area contributed by atoms with Crippen LogP contribution >= 0.6 is 0 Å². The first kappa shape index (κ1) is 244. The van der Waals surface area contributed by atoms with Gasteiger partial charge in [0, 0.05) is 0 Å². The van der Waals surface area contributed by atoms with E-state index in [0.717, 1.165) is 0 Å². The zero-order chi connectivity index (χ0) is 0. The van der Waals surface area contributed by atoms with E-state index >= 15 is 0 Å². The Bertz CT molecular complexity index is 13.0. The van der Waals surface area contributed by atoms with Crippen molar-refractivity contribution in [3.8, 4) is 0 Å². The molecule has 0 spiro atoms. The van der Waals surface area contributed by atoms with Gasteiger partial charge >= 0.3 is 80.9 Å². The molecule has 0 fully saturated rings. The van der Waals surface area contributed by atoms with Gasteiger partial charge in [0.15, 0.2) is 0 Å². The topological polar surface area (TPSA) is 35.0 Å². The van der Waals surface area contributed by atoms with Gasteiger partial charge < -0.3 is 6.15 Å². The van der Waals surface area contributed by atoms with Crippen molar-refractivity contribution in [1.29, 1.82) is 0 Å². The minimum absolute atomic E-state index is 0. The molecule has 3 N–H and O–H groups in total. The van der Waals surface area contributed by atoms with E-state index in [1.807, 2.05) is 0 Å². The van der Waals surface area contributed by atoms with Gasteiger partial charge in [-0.25, -0.2) is 0 Å². The summed E-state index contributed by atoms with van der Waals surface area (Å²) in [4.78, 5) is 0. The van der Waals surface area contributed by atoms with E-state index < -0.39 is 0 Å². The molecule has 9 heteroatoms. The van der Waals surface area contributed by atoms with Gasteiger partial charge in [0.05, 0.1) is 0 Å². The Morgan fingerprint density at radius 1 is 0.444 bits per heavy atom. The summed E-state index contributed by atoms with van der Waals surface area (Å²) < 4.78 is 0. The van der Waals surface area contributed by atoms with Crippen LogP contribution in [0.25, 0.3) is 0 Å². The molecule has 0 aromatic heterocycles. The van der Waals surface area contributed by atoms with Crippen LogP contribution in [0.2, 0.25) is 0 Å². The second kappa shape index (κ2) is 181. The van der Waals surface area contributed by atoms with Crippen LogP contribution in [0.5, 0.6) is 0 Å². The molecular weight excluding hydrogens is 190 g/mol. The molecule has 0 aromatic rings. The fourth-order valence-corrected chi connectivity index (χ4v) is 0. The third-order valence-electron chi connectivity index (χ3n) is 0. The fraction of sp³-hybridized carbons (Fsp3) is 0. The van der Waals surface area contributed by atoms with Crippen molar-refractivity contribution in [2.75, 3.05) is 0 Å². The first-order valence-corrected chi connectivity index (χ1v) is 0. The first-order chi connectivity index (χ1) is 0. The molecule has 0 radical (unpaired) electrons. The summed E-state index contributed by atoms with van der Waals surface area (Å²) in [6.45, 7) is 0. The van der Waals surface area contributed by atoms with Crippen LogP contribution in [0.4, 0.5) is 28.2 Å². The fourth-order valence-electron chi connectivity index (χ4n) is 0. The maximum absolute atomic E-state index is 0. The summed E-state index contributed by atoms with van der Waals surface area (Å²) in [6, 6.07) is 0. The van der Waals surface area contributed by atoms with Gasteiger partial charge in [-0.05, 0) is 0 Å². The Morgan fingerprint density at radius 2 is 0.444 bits per heavy atom. The van der Waals surface area contributed by atoms with Crippen molar-refractivity contribution in [1.82, 2.24) is 6.15 Å². The van der Waals surface area contributed by atoms with Gasteiger partial charge in [-0.3, -0.25) is 28.2 Å². The number of hydrogen-bond acceptors (Lipinski definition) is 1. The van der Waals surface area contributed by atoms with Crippen molar-refractivity contribution < 1.29 is 28.2 Å². The number of rotatable bonds is 0. The van der Waals surface area contributed by atoms with Crippen molar-refractivity contribution in [3.05, 3.63) is 0 Å². The minimum atomic E-state index is 0. The summed E-state index contributed by atoms with van der Waals surface area (Å²) >= 11 is 0. The zero-order valence-corrected chi connectivity index (χ0v) is 3.16. The molecule has 0 heterocycles. The molecule has 0 rings (SSSR count). The monoisotopic (exact) mass is 201 g/mol. The van der Waals surface area contributed by atoms with Crippen LogP contribution in [-0.2, 0) is 0 Å². The summed E-state index contributed by atoms with van der Waals surface area (Å²) in [6.07, 6.45) is 0. The third kappa shape index (κ3) is 144. The van der Waals surface area contributed by atoms with E-state index in [9.17, 15) is 0 Å². The zero-order valence-electron chi connectivity index (χ0n) is 3.16. The van der Waals surface area contributed by atoms with Crippen LogP contribution in [0.3, 0.4) is 0 Å². The van der Waals surface area contributed by atoms with Crippen LogP contribution < -0.4 is 6.15 Å². The van der Waals surface area contributed by atoms with Crippen LogP contribution in [-0.4, -0.2) is 80.9 Å². The molecule has 0 saturated carbocycles. The van der Waals surface area contributed by atoms with Crippen molar-refractivity contribution in [2.45, 2.75) is 0 Å². The molecule has 0 saturated heterocycles. The molecule has 0 aliphatic heterocycles. The first-order valence-electron chi connectivity index (χ1n) is 0. The van der Waals surface area contributed by atoms with E-state index in [1.165, 1.54) is 0 Å². The van der Waals surface area contributed by atoms with Gasteiger partial charge in [0.25, 0.3) is 0 Å². The van der Waals surface area contributed by atoms with Gasteiger partial charge in [-0.2, -0.15) is 0 Å². The van der Waals surface area contributed by atoms with Crippen molar-refractivity contribution in [3.63, 3.8) is 0 Å². The summed E-state index contributed by atoms with van der Waals surface area (Å²) in [5.41, 5.74) is 0. The summed E-state index contributed by atoms with van der Waals surface area (Å²) in [5.74, 6) is 0. The van der Waals surface area contributed by atoms with Gasteiger partial charge in [0.2, 0.25) is 0 Å². The second-order valence-electron chi connectivity index (χ2n) is 0. The third-order valence-corrected chi connectivity index (χ3v) is 0. The van der Waals surface area contributed by atoms with E-state index in [1.54, 1.807) is 0 Å². The molecular formula is H11F6KNNa. The molecule has 0 aliphatic carbocycles. The normalized spacial score (nSPS) is 0. The van der Waals surface area contributed by atoms with Crippen molar-refractivity contribution >= 4 is 80.9 Å². The number of hydrogen-bond donors (Lipinski definition) is 1. The van der Waals surface area contributed by atoms with Crippen LogP contribution in [0.15, 0.2) is 0 Å². The summed E-state index contributed by atoms with van der Waals surface area (Å²) in [7, 11) is 0.